The monoisotopic (exact) mass is 544 g/mol. The van der Waals surface area contributed by atoms with Gasteiger partial charge in [0.25, 0.3) is 0 Å². The number of amides is 1. The SMILES string of the molecule is CC(C)(CCN)C(NC[C@@H](O)[C@H](Cc1ccccc1)NC(=O)Oc1ccoc1)S(=O)(=O)c1ccc(N)cc1. The summed E-state index contributed by atoms with van der Waals surface area (Å²) in [6.07, 6.45) is 1.40. The Balaban J connectivity index is 1.81. The van der Waals surface area contributed by atoms with E-state index in [1.165, 1.54) is 42.9 Å². The summed E-state index contributed by atoms with van der Waals surface area (Å²) in [5.74, 6) is 0.215. The van der Waals surface area contributed by atoms with Gasteiger partial charge in [-0.15, -0.1) is 0 Å². The Labute approximate surface area is 223 Å². The van der Waals surface area contributed by atoms with Gasteiger partial charge in [-0.2, -0.15) is 0 Å². The Kier molecular flexibility index (Phi) is 9.92. The zero-order valence-electron chi connectivity index (χ0n) is 21.5. The number of nitrogens with two attached hydrogens (primary N) is 2. The number of carbonyl (C=O) groups excluding carboxylic acids is 1. The third-order valence-electron chi connectivity index (χ3n) is 6.30. The van der Waals surface area contributed by atoms with Gasteiger partial charge in [-0.05, 0) is 54.6 Å². The van der Waals surface area contributed by atoms with E-state index in [-0.39, 0.29) is 30.2 Å². The predicted octanol–water partition coefficient (Wildman–Crippen LogP) is 2.69. The largest absolute Gasteiger partial charge is 0.469 e. The first-order chi connectivity index (χ1) is 18.0. The number of aliphatic hydroxyl groups is 1. The summed E-state index contributed by atoms with van der Waals surface area (Å²) >= 11 is 0. The lowest BCUT2D eigenvalue weighted by molar-refractivity contribution is 0.113. The highest BCUT2D eigenvalue weighted by atomic mass is 32.2. The third kappa shape index (κ3) is 7.81. The number of ether oxygens (including phenoxy) is 1. The van der Waals surface area contributed by atoms with Crippen molar-refractivity contribution < 1.29 is 27.5 Å². The number of nitrogens with one attached hydrogen (secondary N) is 2. The molecule has 0 saturated heterocycles. The molecule has 0 aliphatic heterocycles. The van der Waals surface area contributed by atoms with Gasteiger partial charge in [-0.1, -0.05) is 44.2 Å². The van der Waals surface area contributed by atoms with Crippen LogP contribution in [0.5, 0.6) is 5.75 Å². The lowest BCUT2D eigenvalue weighted by Gasteiger charge is -2.36. The maximum absolute atomic E-state index is 13.7. The zero-order chi connectivity index (χ0) is 27.8. The summed E-state index contributed by atoms with van der Waals surface area (Å²) in [6.45, 7) is 3.76. The minimum absolute atomic E-state index is 0.103. The van der Waals surface area contributed by atoms with Crippen LogP contribution in [0.15, 0.2) is 82.5 Å². The lowest BCUT2D eigenvalue weighted by Crippen LogP contribution is -2.55. The van der Waals surface area contributed by atoms with Crippen molar-refractivity contribution in [2.24, 2.45) is 11.1 Å². The van der Waals surface area contributed by atoms with E-state index in [1.54, 1.807) is 13.8 Å². The first-order valence-corrected chi connectivity index (χ1v) is 13.8. The molecule has 0 spiro atoms. The van der Waals surface area contributed by atoms with Gasteiger partial charge >= 0.3 is 6.09 Å². The first-order valence-electron chi connectivity index (χ1n) is 12.3. The van der Waals surface area contributed by atoms with E-state index in [0.29, 0.717) is 12.1 Å². The van der Waals surface area contributed by atoms with Crippen molar-refractivity contribution in [2.45, 2.75) is 49.1 Å². The quantitative estimate of drug-likeness (QED) is 0.203. The number of benzene rings is 2. The first kappa shape index (κ1) is 29.2. The molecule has 1 amide bonds. The van der Waals surface area contributed by atoms with Crippen LogP contribution in [0.3, 0.4) is 0 Å². The van der Waals surface area contributed by atoms with Gasteiger partial charge in [0.15, 0.2) is 15.6 Å². The van der Waals surface area contributed by atoms with E-state index in [0.717, 1.165) is 5.56 Å². The van der Waals surface area contributed by atoms with E-state index in [2.05, 4.69) is 10.6 Å². The maximum atomic E-state index is 13.7. The second-order valence-electron chi connectivity index (χ2n) is 9.79. The maximum Gasteiger partial charge on any atom is 0.413 e. The highest BCUT2D eigenvalue weighted by Gasteiger charge is 2.40. The number of nitrogen functional groups attached to an aromatic ring is 1. The van der Waals surface area contributed by atoms with Crippen LogP contribution in [0.4, 0.5) is 10.5 Å². The fraction of sp³-hybridized carbons (Fsp3) is 0.370. The van der Waals surface area contributed by atoms with Gasteiger partial charge < -0.3 is 31.0 Å². The second-order valence-corrected chi connectivity index (χ2v) is 11.8. The molecule has 38 heavy (non-hydrogen) atoms. The summed E-state index contributed by atoms with van der Waals surface area (Å²) < 4.78 is 37.5. The van der Waals surface area contributed by atoms with Crippen LogP contribution < -0.4 is 26.8 Å². The molecule has 206 valence electrons. The minimum Gasteiger partial charge on any atom is -0.469 e. The molecule has 1 heterocycles. The van der Waals surface area contributed by atoms with Crippen molar-refractivity contribution in [1.29, 1.82) is 0 Å². The second kappa shape index (κ2) is 12.9. The molecular weight excluding hydrogens is 508 g/mol. The normalized spacial score (nSPS) is 14.4. The molecule has 3 aromatic rings. The van der Waals surface area contributed by atoms with E-state index in [9.17, 15) is 18.3 Å². The topological polar surface area (TPSA) is 170 Å². The van der Waals surface area contributed by atoms with Gasteiger partial charge in [0.2, 0.25) is 0 Å². The Morgan fingerprint density at radius 1 is 1.11 bits per heavy atom. The number of furan rings is 1. The summed E-state index contributed by atoms with van der Waals surface area (Å²) in [4.78, 5) is 12.6. The van der Waals surface area contributed by atoms with E-state index < -0.39 is 38.9 Å². The van der Waals surface area contributed by atoms with Crippen molar-refractivity contribution in [3.63, 3.8) is 0 Å². The summed E-state index contributed by atoms with van der Waals surface area (Å²) in [6, 6.07) is 16.0. The molecule has 3 rings (SSSR count). The Bertz CT molecular complexity index is 1250. The molecule has 10 nitrogen and oxygen atoms in total. The Morgan fingerprint density at radius 2 is 1.79 bits per heavy atom. The van der Waals surface area contributed by atoms with Gasteiger partial charge in [-0.25, -0.2) is 13.2 Å². The van der Waals surface area contributed by atoms with Crippen molar-refractivity contribution in [1.82, 2.24) is 10.6 Å². The van der Waals surface area contributed by atoms with Gasteiger partial charge in [0, 0.05) is 18.3 Å². The standard InChI is InChI=1S/C27H36N4O6S/c1-27(2,13-14-28)25(38(34,35)22-10-8-20(29)9-11-22)30-17-24(32)23(16-19-6-4-3-5-7-19)31-26(33)37-21-12-15-36-18-21/h3-12,15,18,23-25,30,32H,13-14,16-17,28-29H2,1-2H3,(H,31,33)/t23-,24+,25?/m0/s1. The fourth-order valence-corrected chi connectivity index (χ4v) is 6.28. The molecule has 7 N–H and O–H groups in total. The molecule has 3 atom stereocenters. The molecule has 0 saturated carbocycles. The number of aliphatic hydroxyl groups excluding tert-OH is 1. The van der Waals surface area contributed by atoms with Crippen LogP contribution in [0, 0.1) is 5.41 Å². The average Bonchev–Trinajstić information content (AvgIpc) is 3.37. The molecular formula is C27H36N4O6S. The van der Waals surface area contributed by atoms with E-state index in [4.69, 9.17) is 20.6 Å². The van der Waals surface area contributed by atoms with Crippen molar-refractivity contribution >= 4 is 21.6 Å². The van der Waals surface area contributed by atoms with Gasteiger partial charge in [0.1, 0.15) is 11.6 Å². The zero-order valence-corrected chi connectivity index (χ0v) is 22.4. The van der Waals surface area contributed by atoms with Crippen molar-refractivity contribution in [2.75, 3.05) is 18.8 Å². The van der Waals surface area contributed by atoms with Crippen LogP contribution in [-0.4, -0.2) is 50.2 Å². The average molecular weight is 545 g/mol. The molecule has 0 fully saturated rings. The molecule has 1 aromatic heterocycles. The molecule has 0 aliphatic rings. The number of anilines is 1. The number of carbonyl (C=O) groups is 1. The van der Waals surface area contributed by atoms with Crippen LogP contribution in [0.2, 0.25) is 0 Å². The fourth-order valence-electron chi connectivity index (χ4n) is 4.22. The van der Waals surface area contributed by atoms with Crippen LogP contribution in [-0.2, 0) is 16.3 Å². The molecule has 2 aromatic carbocycles. The molecule has 0 bridgehead atoms. The van der Waals surface area contributed by atoms with Gasteiger partial charge in [0.05, 0.1) is 23.3 Å². The third-order valence-corrected chi connectivity index (χ3v) is 8.66. The molecule has 0 radical (unpaired) electrons. The van der Waals surface area contributed by atoms with Crippen LogP contribution >= 0.6 is 0 Å². The summed E-state index contributed by atoms with van der Waals surface area (Å²) in [5, 5.41) is 15.8. The van der Waals surface area contributed by atoms with Crippen LogP contribution in [0.25, 0.3) is 0 Å². The van der Waals surface area contributed by atoms with Crippen molar-refractivity contribution in [3.8, 4) is 5.75 Å². The number of rotatable bonds is 13. The van der Waals surface area contributed by atoms with Crippen molar-refractivity contribution in [3.05, 3.63) is 78.8 Å². The lowest BCUT2D eigenvalue weighted by atomic mass is 9.88. The molecule has 1 unspecified atom stereocenters. The number of sulfone groups is 1. The highest BCUT2D eigenvalue weighted by molar-refractivity contribution is 7.92. The molecule has 0 aliphatic carbocycles. The van der Waals surface area contributed by atoms with E-state index >= 15 is 0 Å². The number of hydrogen-bond acceptors (Lipinski definition) is 9. The summed E-state index contributed by atoms with van der Waals surface area (Å²) in [7, 11) is -3.89. The Morgan fingerprint density at radius 3 is 2.39 bits per heavy atom. The predicted molar refractivity (Wildman–Crippen MR) is 145 cm³/mol. The number of hydrogen-bond donors (Lipinski definition) is 5. The minimum atomic E-state index is -3.89. The van der Waals surface area contributed by atoms with E-state index in [1.807, 2.05) is 30.3 Å². The Hall–Kier alpha value is -3.38. The molecule has 11 heteroatoms. The van der Waals surface area contributed by atoms with Gasteiger partial charge in [-0.3, -0.25) is 5.32 Å². The van der Waals surface area contributed by atoms with Crippen LogP contribution in [0.1, 0.15) is 25.8 Å². The summed E-state index contributed by atoms with van der Waals surface area (Å²) in [5.41, 5.74) is 12.1. The highest BCUT2D eigenvalue weighted by Crippen LogP contribution is 2.32. The smallest absolute Gasteiger partial charge is 0.413 e.